The topological polar surface area (TPSA) is 93.5 Å². The number of amides is 1. The van der Waals surface area contributed by atoms with E-state index in [-0.39, 0.29) is 29.2 Å². The zero-order valence-corrected chi connectivity index (χ0v) is 11.4. The molecule has 1 saturated heterocycles. The van der Waals surface area contributed by atoms with Crippen LogP contribution in [0.2, 0.25) is 0 Å². The van der Waals surface area contributed by atoms with E-state index in [4.69, 9.17) is 4.74 Å². The van der Waals surface area contributed by atoms with Gasteiger partial charge in [-0.05, 0) is 25.6 Å². The number of ether oxygens (including phenoxy) is 1. The zero-order chi connectivity index (χ0) is 14.7. The molecule has 1 aliphatic heterocycles. The third kappa shape index (κ3) is 2.94. The summed E-state index contributed by atoms with van der Waals surface area (Å²) in [6, 6.07) is 4.56. The van der Waals surface area contributed by atoms with Crippen LogP contribution in [0.3, 0.4) is 0 Å². The molecule has 2 rings (SSSR count). The van der Waals surface area contributed by atoms with Gasteiger partial charge in [-0.25, -0.2) is 0 Å². The number of anilines is 1. The highest BCUT2D eigenvalue weighted by molar-refractivity contribution is 5.95. The van der Waals surface area contributed by atoms with E-state index in [1.54, 1.807) is 19.2 Å². The van der Waals surface area contributed by atoms with Gasteiger partial charge < -0.3 is 15.4 Å². The van der Waals surface area contributed by atoms with Crippen LogP contribution in [-0.2, 0) is 9.53 Å². The maximum absolute atomic E-state index is 12.2. The van der Waals surface area contributed by atoms with Gasteiger partial charge in [0.2, 0.25) is 5.91 Å². The van der Waals surface area contributed by atoms with Crippen LogP contribution in [0.5, 0.6) is 0 Å². The van der Waals surface area contributed by atoms with Crippen molar-refractivity contribution < 1.29 is 14.5 Å². The molecule has 1 amide bonds. The predicted octanol–water partition coefficient (Wildman–Crippen LogP) is 1.08. The molecule has 1 heterocycles. The summed E-state index contributed by atoms with van der Waals surface area (Å²) >= 11 is 0. The van der Waals surface area contributed by atoms with Gasteiger partial charge in [-0.15, -0.1) is 0 Å². The summed E-state index contributed by atoms with van der Waals surface area (Å²) in [4.78, 5) is 22.7. The maximum atomic E-state index is 12.2. The van der Waals surface area contributed by atoms with Gasteiger partial charge in [0, 0.05) is 12.1 Å². The number of benzene rings is 1. The Labute approximate surface area is 116 Å². The van der Waals surface area contributed by atoms with Gasteiger partial charge in [0.25, 0.3) is 5.69 Å². The molecule has 0 aromatic heterocycles. The Hall–Kier alpha value is -1.99. The van der Waals surface area contributed by atoms with Crippen LogP contribution in [0.4, 0.5) is 11.4 Å². The van der Waals surface area contributed by atoms with Crippen LogP contribution in [0.25, 0.3) is 0 Å². The molecule has 1 fully saturated rings. The third-order valence-electron chi connectivity index (χ3n) is 3.39. The molecule has 0 radical (unpaired) electrons. The molecular weight excluding hydrogens is 262 g/mol. The standard InChI is InChI=1S/C13H17N3O4/c1-8-3-4-12(16(18)19)10(5-8)15-13(17)9-6-20-7-11(9)14-2/h3-5,9,11,14H,6-7H2,1-2H3,(H,15,17). The Bertz CT molecular complexity index is 532. The number of nitro groups is 1. The van der Waals surface area contributed by atoms with Crippen LogP contribution in [0, 0.1) is 23.0 Å². The number of hydrogen-bond donors (Lipinski definition) is 2. The fourth-order valence-corrected chi connectivity index (χ4v) is 2.23. The molecule has 7 nitrogen and oxygen atoms in total. The summed E-state index contributed by atoms with van der Waals surface area (Å²) < 4.78 is 5.26. The van der Waals surface area contributed by atoms with Gasteiger partial charge in [0.15, 0.2) is 0 Å². The SMILES string of the molecule is CNC1COCC1C(=O)Nc1cc(C)ccc1[N+](=O)[O-]. The second-order valence-electron chi connectivity index (χ2n) is 4.81. The molecule has 20 heavy (non-hydrogen) atoms. The Morgan fingerprint density at radius 3 is 2.85 bits per heavy atom. The number of nitrogens with one attached hydrogen (secondary N) is 2. The van der Waals surface area contributed by atoms with Crippen LogP contribution in [-0.4, -0.2) is 37.1 Å². The van der Waals surface area contributed by atoms with E-state index in [0.29, 0.717) is 13.2 Å². The van der Waals surface area contributed by atoms with Crippen LogP contribution >= 0.6 is 0 Å². The van der Waals surface area contributed by atoms with Gasteiger partial charge in [-0.3, -0.25) is 14.9 Å². The van der Waals surface area contributed by atoms with Crippen molar-refractivity contribution in [2.75, 3.05) is 25.6 Å². The molecule has 1 aliphatic rings. The summed E-state index contributed by atoms with van der Waals surface area (Å²) in [5.74, 6) is -0.615. The van der Waals surface area contributed by atoms with E-state index in [1.165, 1.54) is 6.07 Å². The first-order valence-corrected chi connectivity index (χ1v) is 6.34. The summed E-state index contributed by atoms with van der Waals surface area (Å²) in [5.41, 5.74) is 0.962. The zero-order valence-electron chi connectivity index (χ0n) is 11.4. The minimum atomic E-state index is -0.504. The normalized spacial score (nSPS) is 21.7. The van der Waals surface area contributed by atoms with Crippen molar-refractivity contribution in [1.29, 1.82) is 0 Å². The molecule has 0 bridgehead atoms. The molecular formula is C13H17N3O4. The first-order chi connectivity index (χ1) is 9.52. The first kappa shape index (κ1) is 14.4. The summed E-state index contributed by atoms with van der Waals surface area (Å²) in [7, 11) is 1.76. The minimum absolute atomic E-state index is 0.0705. The number of carbonyl (C=O) groups is 1. The lowest BCUT2D eigenvalue weighted by Crippen LogP contribution is -2.39. The lowest BCUT2D eigenvalue weighted by molar-refractivity contribution is -0.383. The number of carbonyl (C=O) groups excluding carboxylic acids is 1. The molecule has 0 spiro atoms. The number of likely N-dealkylation sites (N-methyl/N-ethyl adjacent to an activating group) is 1. The monoisotopic (exact) mass is 279 g/mol. The molecule has 1 aromatic carbocycles. The van der Waals surface area contributed by atoms with E-state index in [9.17, 15) is 14.9 Å². The summed E-state index contributed by atoms with van der Waals surface area (Å²) in [6.07, 6.45) is 0. The van der Waals surface area contributed by atoms with E-state index >= 15 is 0 Å². The van der Waals surface area contributed by atoms with E-state index in [2.05, 4.69) is 10.6 Å². The van der Waals surface area contributed by atoms with Gasteiger partial charge >= 0.3 is 0 Å². The van der Waals surface area contributed by atoms with Crippen molar-refractivity contribution in [2.24, 2.45) is 5.92 Å². The lowest BCUT2D eigenvalue weighted by atomic mass is 10.0. The second-order valence-corrected chi connectivity index (χ2v) is 4.81. The Kier molecular flexibility index (Phi) is 4.31. The van der Waals surface area contributed by atoms with Crippen molar-refractivity contribution >= 4 is 17.3 Å². The van der Waals surface area contributed by atoms with E-state index < -0.39 is 4.92 Å². The second kappa shape index (κ2) is 5.98. The molecule has 2 unspecified atom stereocenters. The van der Waals surface area contributed by atoms with Crippen molar-refractivity contribution in [1.82, 2.24) is 5.32 Å². The fraction of sp³-hybridized carbons (Fsp3) is 0.462. The number of hydrogen-bond acceptors (Lipinski definition) is 5. The summed E-state index contributed by atoms with van der Waals surface area (Å²) in [5, 5.41) is 16.6. The highest BCUT2D eigenvalue weighted by atomic mass is 16.6. The average Bonchev–Trinajstić information content (AvgIpc) is 2.86. The molecule has 0 aliphatic carbocycles. The Morgan fingerprint density at radius 1 is 1.45 bits per heavy atom. The number of aryl methyl sites for hydroxylation is 1. The molecule has 1 aromatic rings. The van der Waals surface area contributed by atoms with Crippen LogP contribution in [0.1, 0.15) is 5.56 Å². The quantitative estimate of drug-likeness (QED) is 0.635. The molecule has 2 atom stereocenters. The van der Waals surface area contributed by atoms with Crippen molar-refractivity contribution in [3.8, 4) is 0 Å². The van der Waals surface area contributed by atoms with Crippen LogP contribution < -0.4 is 10.6 Å². The third-order valence-corrected chi connectivity index (χ3v) is 3.39. The highest BCUT2D eigenvalue weighted by Crippen LogP contribution is 2.26. The highest BCUT2D eigenvalue weighted by Gasteiger charge is 2.33. The van der Waals surface area contributed by atoms with Crippen molar-refractivity contribution in [3.63, 3.8) is 0 Å². The van der Waals surface area contributed by atoms with Crippen molar-refractivity contribution in [2.45, 2.75) is 13.0 Å². The molecule has 7 heteroatoms. The number of nitro benzene ring substituents is 1. The first-order valence-electron chi connectivity index (χ1n) is 6.34. The molecule has 2 N–H and O–H groups in total. The number of rotatable bonds is 4. The fourth-order valence-electron chi connectivity index (χ4n) is 2.23. The Morgan fingerprint density at radius 2 is 2.20 bits per heavy atom. The number of nitrogens with zero attached hydrogens (tertiary/aromatic N) is 1. The van der Waals surface area contributed by atoms with Gasteiger partial charge in [0.05, 0.1) is 24.1 Å². The van der Waals surface area contributed by atoms with Gasteiger partial charge in [-0.1, -0.05) is 6.07 Å². The smallest absolute Gasteiger partial charge is 0.292 e. The van der Waals surface area contributed by atoms with Gasteiger partial charge in [-0.2, -0.15) is 0 Å². The maximum Gasteiger partial charge on any atom is 0.292 e. The summed E-state index contributed by atoms with van der Waals surface area (Å²) in [6.45, 7) is 2.59. The Balaban J connectivity index is 2.19. The van der Waals surface area contributed by atoms with E-state index in [1.807, 2.05) is 6.92 Å². The average molecular weight is 279 g/mol. The van der Waals surface area contributed by atoms with E-state index in [0.717, 1.165) is 5.56 Å². The van der Waals surface area contributed by atoms with Crippen LogP contribution in [0.15, 0.2) is 18.2 Å². The van der Waals surface area contributed by atoms with Crippen molar-refractivity contribution in [3.05, 3.63) is 33.9 Å². The molecule has 0 saturated carbocycles. The lowest BCUT2D eigenvalue weighted by Gasteiger charge is -2.16. The minimum Gasteiger partial charge on any atom is -0.379 e. The molecule has 108 valence electrons. The predicted molar refractivity (Wildman–Crippen MR) is 73.6 cm³/mol. The van der Waals surface area contributed by atoms with Gasteiger partial charge in [0.1, 0.15) is 5.69 Å². The largest absolute Gasteiger partial charge is 0.379 e.